The number of amides is 1. The summed E-state index contributed by atoms with van der Waals surface area (Å²) in [5, 5.41) is 3.28. The zero-order chi connectivity index (χ0) is 9.97. The van der Waals surface area contributed by atoms with Crippen molar-refractivity contribution >= 4 is 17.7 Å². The minimum Gasteiger partial charge on any atom is -0.337 e. The van der Waals surface area contributed by atoms with Crippen molar-refractivity contribution < 1.29 is 4.79 Å². The molecule has 0 aromatic heterocycles. The highest BCUT2D eigenvalue weighted by molar-refractivity contribution is 7.99. The molecule has 0 saturated carbocycles. The zero-order valence-electron chi connectivity index (χ0n) is 8.66. The van der Waals surface area contributed by atoms with Crippen LogP contribution in [0.4, 0.5) is 0 Å². The van der Waals surface area contributed by atoms with Crippen molar-refractivity contribution in [3.63, 3.8) is 0 Å². The topological polar surface area (TPSA) is 32.3 Å². The van der Waals surface area contributed by atoms with Crippen LogP contribution in [0.5, 0.6) is 0 Å². The highest BCUT2D eigenvalue weighted by atomic mass is 32.2. The molecule has 0 aromatic carbocycles. The Morgan fingerprint density at radius 2 is 2.43 bits per heavy atom. The van der Waals surface area contributed by atoms with Gasteiger partial charge in [-0.05, 0) is 26.3 Å². The third-order valence-electron chi connectivity index (χ3n) is 3.01. The maximum absolute atomic E-state index is 12.1. The largest absolute Gasteiger partial charge is 0.337 e. The van der Waals surface area contributed by atoms with Crippen LogP contribution in [-0.4, -0.2) is 47.5 Å². The Morgan fingerprint density at radius 3 is 3.07 bits per heavy atom. The van der Waals surface area contributed by atoms with E-state index in [0.29, 0.717) is 11.9 Å². The molecule has 3 nitrogen and oxygen atoms in total. The molecule has 1 amide bonds. The molecule has 0 aromatic rings. The SMILES string of the molecule is CC1CSCCN1C(=O)[C@@H]1CCCN1. The molecular formula is C10H18N2OS. The van der Waals surface area contributed by atoms with E-state index in [1.54, 1.807) is 0 Å². The summed E-state index contributed by atoms with van der Waals surface area (Å²) in [4.78, 5) is 14.1. The van der Waals surface area contributed by atoms with Crippen LogP contribution in [0.1, 0.15) is 19.8 Å². The van der Waals surface area contributed by atoms with E-state index in [2.05, 4.69) is 17.1 Å². The standard InChI is InChI=1S/C10H18N2OS/c1-8-7-14-6-5-12(8)10(13)9-3-2-4-11-9/h8-9,11H,2-7H2,1H3/t8?,9-/m0/s1. The third kappa shape index (κ3) is 2.06. The molecule has 2 heterocycles. The van der Waals surface area contributed by atoms with Crippen molar-refractivity contribution in [3.05, 3.63) is 0 Å². The lowest BCUT2D eigenvalue weighted by Crippen LogP contribution is -2.51. The van der Waals surface area contributed by atoms with Crippen LogP contribution in [0, 0.1) is 0 Å². The molecule has 14 heavy (non-hydrogen) atoms. The molecule has 4 heteroatoms. The summed E-state index contributed by atoms with van der Waals surface area (Å²) in [5.41, 5.74) is 0. The molecular weight excluding hydrogens is 196 g/mol. The van der Waals surface area contributed by atoms with Gasteiger partial charge in [0.1, 0.15) is 0 Å². The summed E-state index contributed by atoms with van der Waals surface area (Å²) in [7, 11) is 0. The highest BCUT2D eigenvalue weighted by Crippen LogP contribution is 2.18. The van der Waals surface area contributed by atoms with Crippen molar-refractivity contribution in [2.75, 3.05) is 24.6 Å². The highest BCUT2D eigenvalue weighted by Gasteiger charge is 2.30. The number of nitrogens with one attached hydrogen (secondary N) is 1. The fourth-order valence-corrected chi connectivity index (χ4v) is 3.16. The summed E-state index contributed by atoms with van der Waals surface area (Å²) in [6, 6.07) is 0.532. The minimum atomic E-state index is 0.112. The molecule has 2 atom stereocenters. The second-order valence-corrected chi connectivity index (χ2v) is 5.25. The van der Waals surface area contributed by atoms with E-state index >= 15 is 0 Å². The lowest BCUT2D eigenvalue weighted by atomic mass is 10.1. The number of nitrogens with zero attached hydrogens (tertiary/aromatic N) is 1. The molecule has 2 saturated heterocycles. The molecule has 2 aliphatic heterocycles. The Morgan fingerprint density at radius 1 is 1.57 bits per heavy atom. The van der Waals surface area contributed by atoms with Crippen LogP contribution in [0.2, 0.25) is 0 Å². The van der Waals surface area contributed by atoms with Gasteiger partial charge in [-0.1, -0.05) is 0 Å². The van der Waals surface area contributed by atoms with E-state index in [1.807, 2.05) is 11.8 Å². The first-order valence-corrected chi connectivity index (χ1v) is 6.56. The molecule has 0 bridgehead atoms. The number of hydrogen-bond donors (Lipinski definition) is 1. The normalized spacial score (nSPS) is 33.4. The number of hydrogen-bond acceptors (Lipinski definition) is 3. The van der Waals surface area contributed by atoms with Gasteiger partial charge in [0.25, 0.3) is 0 Å². The Labute approximate surface area is 89.6 Å². The van der Waals surface area contributed by atoms with Crippen molar-refractivity contribution in [3.8, 4) is 0 Å². The molecule has 80 valence electrons. The fourth-order valence-electron chi connectivity index (χ4n) is 2.15. The second-order valence-electron chi connectivity index (χ2n) is 4.10. The molecule has 0 radical (unpaired) electrons. The number of rotatable bonds is 1. The van der Waals surface area contributed by atoms with Crippen LogP contribution in [-0.2, 0) is 4.79 Å². The van der Waals surface area contributed by atoms with E-state index in [-0.39, 0.29) is 6.04 Å². The lowest BCUT2D eigenvalue weighted by Gasteiger charge is -2.34. The molecule has 0 spiro atoms. The first-order valence-electron chi connectivity index (χ1n) is 5.40. The predicted octanol–water partition coefficient (Wildman–Crippen LogP) is 0.702. The minimum absolute atomic E-state index is 0.112. The monoisotopic (exact) mass is 214 g/mol. The van der Waals surface area contributed by atoms with E-state index in [4.69, 9.17) is 0 Å². The average Bonchev–Trinajstić information content (AvgIpc) is 2.70. The molecule has 2 fully saturated rings. The Kier molecular flexibility index (Phi) is 3.34. The van der Waals surface area contributed by atoms with Gasteiger partial charge >= 0.3 is 0 Å². The summed E-state index contributed by atoms with van der Waals surface area (Å²) >= 11 is 1.95. The molecule has 2 aliphatic rings. The van der Waals surface area contributed by atoms with Gasteiger partial charge in [-0.2, -0.15) is 11.8 Å². The maximum atomic E-state index is 12.1. The lowest BCUT2D eigenvalue weighted by molar-refractivity contribution is -0.134. The quantitative estimate of drug-likeness (QED) is 0.697. The predicted molar refractivity (Wildman–Crippen MR) is 59.5 cm³/mol. The van der Waals surface area contributed by atoms with Crippen molar-refractivity contribution in [2.45, 2.75) is 31.8 Å². The van der Waals surface area contributed by atoms with Crippen molar-refractivity contribution in [1.29, 1.82) is 0 Å². The summed E-state index contributed by atoms with van der Waals surface area (Å²) < 4.78 is 0. The molecule has 1 unspecified atom stereocenters. The Balaban J connectivity index is 1.94. The van der Waals surface area contributed by atoms with E-state index < -0.39 is 0 Å². The average molecular weight is 214 g/mol. The van der Waals surface area contributed by atoms with Gasteiger partial charge in [0.2, 0.25) is 5.91 Å². The van der Waals surface area contributed by atoms with Gasteiger partial charge in [-0.25, -0.2) is 0 Å². The fraction of sp³-hybridized carbons (Fsp3) is 0.900. The first kappa shape index (κ1) is 10.3. The van der Waals surface area contributed by atoms with Gasteiger partial charge in [0, 0.05) is 24.1 Å². The van der Waals surface area contributed by atoms with Crippen LogP contribution >= 0.6 is 11.8 Å². The second kappa shape index (κ2) is 4.53. The smallest absolute Gasteiger partial charge is 0.240 e. The van der Waals surface area contributed by atoms with E-state index in [9.17, 15) is 4.79 Å². The van der Waals surface area contributed by atoms with Gasteiger partial charge < -0.3 is 10.2 Å². The number of carbonyl (C=O) groups excluding carboxylic acids is 1. The van der Waals surface area contributed by atoms with E-state index in [0.717, 1.165) is 37.4 Å². The van der Waals surface area contributed by atoms with Gasteiger partial charge in [-0.3, -0.25) is 4.79 Å². The number of thioether (sulfide) groups is 1. The van der Waals surface area contributed by atoms with Crippen molar-refractivity contribution in [1.82, 2.24) is 10.2 Å². The van der Waals surface area contributed by atoms with Gasteiger partial charge in [-0.15, -0.1) is 0 Å². The van der Waals surface area contributed by atoms with Gasteiger partial charge in [0.15, 0.2) is 0 Å². The Hall–Kier alpha value is -0.220. The van der Waals surface area contributed by atoms with Crippen LogP contribution in [0.15, 0.2) is 0 Å². The van der Waals surface area contributed by atoms with Crippen LogP contribution in [0.25, 0.3) is 0 Å². The summed E-state index contributed by atoms with van der Waals surface area (Å²) in [5.74, 6) is 2.52. The molecule has 2 rings (SSSR count). The number of carbonyl (C=O) groups is 1. The zero-order valence-corrected chi connectivity index (χ0v) is 9.48. The summed E-state index contributed by atoms with van der Waals surface area (Å²) in [6.07, 6.45) is 2.17. The van der Waals surface area contributed by atoms with E-state index in [1.165, 1.54) is 0 Å². The van der Waals surface area contributed by atoms with Crippen LogP contribution in [0.3, 0.4) is 0 Å². The molecule has 0 aliphatic carbocycles. The van der Waals surface area contributed by atoms with Crippen molar-refractivity contribution in [2.24, 2.45) is 0 Å². The van der Waals surface area contributed by atoms with Gasteiger partial charge in [0.05, 0.1) is 6.04 Å². The van der Waals surface area contributed by atoms with Crippen LogP contribution < -0.4 is 5.32 Å². The first-order chi connectivity index (χ1) is 6.79. The third-order valence-corrected chi connectivity index (χ3v) is 4.20. The maximum Gasteiger partial charge on any atom is 0.240 e. The molecule has 1 N–H and O–H groups in total. The Bertz CT molecular complexity index is 216. The summed E-state index contributed by atoms with van der Waals surface area (Å²) in [6.45, 7) is 4.09.